The van der Waals surface area contributed by atoms with Gasteiger partial charge in [-0.25, -0.2) is 0 Å². The molecule has 0 saturated carbocycles. The van der Waals surface area contributed by atoms with E-state index in [1.54, 1.807) is 7.05 Å². The van der Waals surface area contributed by atoms with Gasteiger partial charge in [0.25, 0.3) is 0 Å². The van der Waals surface area contributed by atoms with Crippen molar-refractivity contribution in [3.8, 4) is 0 Å². The van der Waals surface area contributed by atoms with Crippen LogP contribution in [0.4, 0.5) is 5.69 Å². The molecule has 3 saturated heterocycles. The number of hydrogen-bond acceptors (Lipinski definition) is 5. The van der Waals surface area contributed by atoms with Gasteiger partial charge in [-0.15, -0.1) is 0 Å². The standard InChI is InChI=1S/C30H31N3O5/c1-31-27(35)24-23-13-14-30(38-23)25(24)29(37)33(22(17-34)15-18-7-3-2-4-8-18)26(30)28(36)32-21-12-11-19-9-5-6-10-20(19)16-21/h2-12,16,22-26,34H,13-15,17H2,1H3,(H,31,35)(H,32,36)/t22-,23+,24-,25+,26?,30?/m1/s1. The highest BCUT2D eigenvalue weighted by atomic mass is 16.5. The number of hydrogen-bond donors (Lipinski definition) is 3. The van der Waals surface area contributed by atoms with Gasteiger partial charge in [0.1, 0.15) is 11.6 Å². The van der Waals surface area contributed by atoms with Crippen LogP contribution < -0.4 is 10.6 Å². The van der Waals surface area contributed by atoms with Crippen LogP contribution >= 0.6 is 0 Å². The summed E-state index contributed by atoms with van der Waals surface area (Å²) in [6.07, 6.45) is 1.05. The molecule has 3 aliphatic heterocycles. The van der Waals surface area contributed by atoms with E-state index in [-0.39, 0.29) is 24.3 Å². The Morgan fingerprint density at radius 1 is 1.05 bits per heavy atom. The fourth-order valence-corrected chi connectivity index (χ4v) is 6.87. The maximum atomic E-state index is 14.1. The molecule has 2 bridgehead atoms. The normalized spacial score (nSPS) is 28.4. The van der Waals surface area contributed by atoms with E-state index in [1.807, 2.05) is 72.8 Å². The molecule has 0 aliphatic carbocycles. The number of aliphatic hydroxyl groups is 1. The van der Waals surface area contributed by atoms with E-state index in [0.717, 1.165) is 16.3 Å². The third-order valence-corrected chi connectivity index (χ3v) is 8.47. The second-order valence-corrected chi connectivity index (χ2v) is 10.5. The number of benzene rings is 3. The van der Waals surface area contributed by atoms with Crippen molar-refractivity contribution < 1.29 is 24.2 Å². The highest BCUT2D eigenvalue weighted by Gasteiger charge is 2.75. The summed E-state index contributed by atoms with van der Waals surface area (Å²) in [5.41, 5.74) is 0.430. The fourth-order valence-electron chi connectivity index (χ4n) is 6.87. The lowest BCUT2D eigenvalue weighted by Crippen LogP contribution is -2.56. The molecule has 0 aromatic heterocycles. The number of nitrogens with zero attached hydrogens (tertiary/aromatic N) is 1. The minimum Gasteiger partial charge on any atom is -0.394 e. The molecule has 38 heavy (non-hydrogen) atoms. The van der Waals surface area contributed by atoms with Gasteiger partial charge in [0.05, 0.1) is 30.6 Å². The van der Waals surface area contributed by atoms with Gasteiger partial charge in [-0.2, -0.15) is 0 Å². The second-order valence-electron chi connectivity index (χ2n) is 10.5. The summed E-state index contributed by atoms with van der Waals surface area (Å²) in [7, 11) is 1.55. The number of likely N-dealkylation sites (tertiary alicyclic amines) is 1. The highest BCUT2D eigenvalue weighted by molar-refractivity contribution is 6.04. The quantitative estimate of drug-likeness (QED) is 0.450. The average Bonchev–Trinajstić information content (AvgIpc) is 3.59. The van der Waals surface area contributed by atoms with Crippen molar-refractivity contribution in [1.29, 1.82) is 0 Å². The Morgan fingerprint density at radius 2 is 1.79 bits per heavy atom. The number of anilines is 1. The molecule has 6 rings (SSSR count). The molecule has 3 aromatic carbocycles. The molecule has 3 N–H and O–H groups in total. The van der Waals surface area contributed by atoms with Crippen molar-refractivity contribution in [2.75, 3.05) is 19.0 Å². The van der Waals surface area contributed by atoms with E-state index in [9.17, 15) is 19.5 Å². The first-order valence-corrected chi connectivity index (χ1v) is 13.1. The third kappa shape index (κ3) is 3.78. The number of carbonyl (C=O) groups is 3. The van der Waals surface area contributed by atoms with E-state index < -0.39 is 35.6 Å². The highest BCUT2D eigenvalue weighted by Crippen LogP contribution is 2.59. The number of nitrogens with one attached hydrogen (secondary N) is 2. The summed E-state index contributed by atoms with van der Waals surface area (Å²) in [5.74, 6) is -2.39. The first-order chi connectivity index (χ1) is 18.5. The zero-order valence-electron chi connectivity index (χ0n) is 21.2. The second kappa shape index (κ2) is 9.53. The van der Waals surface area contributed by atoms with E-state index >= 15 is 0 Å². The lowest BCUT2D eigenvalue weighted by Gasteiger charge is -2.36. The zero-order chi connectivity index (χ0) is 26.4. The van der Waals surface area contributed by atoms with Gasteiger partial charge in [0.15, 0.2) is 0 Å². The summed E-state index contributed by atoms with van der Waals surface area (Å²) in [4.78, 5) is 42.6. The molecular weight excluding hydrogens is 482 g/mol. The lowest BCUT2D eigenvalue weighted by molar-refractivity contribution is -0.143. The maximum absolute atomic E-state index is 14.1. The number of fused-ring (bicyclic) bond motifs is 2. The van der Waals surface area contributed by atoms with Gasteiger partial charge in [-0.05, 0) is 47.7 Å². The number of carbonyl (C=O) groups excluding carboxylic acids is 3. The van der Waals surface area contributed by atoms with Crippen molar-refractivity contribution in [3.63, 3.8) is 0 Å². The molecular formula is C30H31N3O5. The molecule has 8 heteroatoms. The van der Waals surface area contributed by atoms with Gasteiger partial charge in [-0.3, -0.25) is 14.4 Å². The largest absolute Gasteiger partial charge is 0.394 e. The van der Waals surface area contributed by atoms with E-state index in [4.69, 9.17) is 4.74 Å². The van der Waals surface area contributed by atoms with Crippen LogP contribution in [0.2, 0.25) is 0 Å². The summed E-state index contributed by atoms with van der Waals surface area (Å²) in [6, 6.07) is 21.5. The average molecular weight is 514 g/mol. The Hall–Kier alpha value is -3.75. The Bertz CT molecular complexity index is 1390. The van der Waals surface area contributed by atoms with Crippen LogP contribution in [0.15, 0.2) is 72.8 Å². The Labute approximate surface area is 221 Å². The van der Waals surface area contributed by atoms with Crippen LogP contribution in [0.1, 0.15) is 18.4 Å². The smallest absolute Gasteiger partial charge is 0.250 e. The summed E-state index contributed by atoms with van der Waals surface area (Å²) in [6.45, 7) is -0.322. The molecule has 3 fully saturated rings. The van der Waals surface area contributed by atoms with Crippen molar-refractivity contribution in [2.24, 2.45) is 11.8 Å². The number of rotatable bonds is 7. The third-order valence-electron chi connectivity index (χ3n) is 8.47. The minimum atomic E-state index is -1.12. The van der Waals surface area contributed by atoms with E-state index in [2.05, 4.69) is 10.6 Å². The van der Waals surface area contributed by atoms with Crippen molar-refractivity contribution in [2.45, 2.75) is 43.1 Å². The first-order valence-electron chi connectivity index (χ1n) is 13.1. The number of aliphatic hydroxyl groups excluding tert-OH is 1. The molecule has 6 atom stereocenters. The van der Waals surface area contributed by atoms with Gasteiger partial charge in [0, 0.05) is 12.7 Å². The molecule has 1 spiro atoms. The number of ether oxygens (including phenoxy) is 1. The van der Waals surface area contributed by atoms with Gasteiger partial charge >= 0.3 is 0 Å². The Morgan fingerprint density at radius 3 is 2.53 bits per heavy atom. The maximum Gasteiger partial charge on any atom is 0.250 e. The van der Waals surface area contributed by atoms with Gasteiger partial charge < -0.3 is 25.4 Å². The van der Waals surface area contributed by atoms with Gasteiger partial charge in [0.2, 0.25) is 17.7 Å². The molecule has 0 radical (unpaired) electrons. The Balaban J connectivity index is 1.39. The molecule has 3 aliphatic rings. The van der Waals surface area contributed by atoms with Crippen molar-refractivity contribution in [3.05, 3.63) is 78.4 Å². The summed E-state index contributed by atoms with van der Waals surface area (Å²) >= 11 is 0. The van der Waals surface area contributed by atoms with E-state index in [0.29, 0.717) is 24.9 Å². The Kier molecular flexibility index (Phi) is 6.16. The molecule has 196 valence electrons. The topological polar surface area (TPSA) is 108 Å². The molecule has 3 heterocycles. The zero-order valence-corrected chi connectivity index (χ0v) is 21.2. The van der Waals surface area contributed by atoms with Crippen molar-refractivity contribution >= 4 is 34.2 Å². The summed E-state index contributed by atoms with van der Waals surface area (Å²) in [5, 5.41) is 18.2. The van der Waals surface area contributed by atoms with E-state index in [1.165, 1.54) is 4.90 Å². The predicted octanol–water partition coefficient (Wildman–Crippen LogP) is 2.50. The molecule has 8 nitrogen and oxygen atoms in total. The monoisotopic (exact) mass is 513 g/mol. The fraction of sp³-hybridized carbons (Fsp3) is 0.367. The molecule has 3 aromatic rings. The van der Waals surface area contributed by atoms with Crippen LogP contribution in [0.25, 0.3) is 10.8 Å². The predicted molar refractivity (Wildman–Crippen MR) is 142 cm³/mol. The van der Waals surface area contributed by atoms with Crippen LogP contribution in [-0.4, -0.2) is 65.2 Å². The van der Waals surface area contributed by atoms with Crippen LogP contribution in [0.3, 0.4) is 0 Å². The minimum absolute atomic E-state index is 0.255. The van der Waals surface area contributed by atoms with Crippen LogP contribution in [-0.2, 0) is 25.5 Å². The lowest BCUT2D eigenvalue weighted by atomic mass is 9.70. The molecule has 3 amide bonds. The van der Waals surface area contributed by atoms with Crippen LogP contribution in [0, 0.1) is 11.8 Å². The van der Waals surface area contributed by atoms with Crippen LogP contribution in [0.5, 0.6) is 0 Å². The van der Waals surface area contributed by atoms with Crippen molar-refractivity contribution in [1.82, 2.24) is 10.2 Å². The number of amides is 3. The SMILES string of the molecule is CNC(=O)[C@@H]1[C@@H]2CCC3(O2)C(C(=O)Nc2ccc4ccccc4c2)N([C@@H](CO)Cc2ccccc2)C(=O)[C@H]13. The summed E-state index contributed by atoms with van der Waals surface area (Å²) < 4.78 is 6.44. The first kappa shape index (κ1) is 24.6. The molecule has 2 unspecified atom stereocenters. The van der Waals surface area contributed by atoms with Gasteiger partial charge in [-0.1, -0.05) is 60.7 Å².